The van der Waals surface area contributed by atoms with Crippen molar-refractivity contribution < 1.29 is 4.79 Å². The minimum absolute atomic E-state index is 0.388. The van der Waals surface area contributed by atoms with Crippen molar-refractivity contribution in [1.29, 1.82) is 0 Å². The Balaban J connectivity index is 2.31. The summed E-state index contributed by atoms with van der Waals surface area (Å²) in [6.07, 6.45) is 8.12. The lowest BCUT2D eigenvalue weighted by molar-refractivity contribution is -0.115. The number of rotatable bonds is 0. The summed E-state index contributed by atoms with van der Waals surface area (Å²) in [5.74, 6) is 1.49. The van der Waals surface area contributed by atoms with Crippen molar-refractivity contribution in [2.45, 2.75) is 25.7 Å². The van der Waals surface area contributed by atoms with Crippen LogP contribution >= 0.6 is 11.8 Å². The van der Waals surface area contributed by atoms with Gasteiger partial charge in [-0.2, -0.15) is 0 Å². The monoisotopic (exact) mass is 180 g/mol. The molecule has 0 spiro atoms. The third-order valence-electron chi connectivity index (χ3n) is 2.27. The van der Waals surface area contributed by atoms with Crippen LogP contribution in [-0.4, -0.2) is 11.5 Å². The highest BCUT2D eigenvalue weighted by Crippen LogP contribution is 2.32. The number of Topliss-reactive ketones (excluding diaryl/α,β-unsaturated/α-hetero) is 1. The van der Waals surface area contributed by atoms with Gasteiger partial charge in [0.15, 0.2) is 5.78 Å². The first-order chi connectivity index (χ1) is 5.88. The van der Waals surface area contributed by atoms with Crippen LogP contribution < -0.4 is 0 Å². The van der Waals surface area contributed by atoms with Gasteiger partial charge in [0.25, 0.3) is 0 Å². The molecule has 0 aromatic rings. The summed E-state index contributed by atoms with van der Waals surface area (Å²) in [6, 6.07) is 0. The molecule has 0 atom stereocenters. The number of hydrogen-bond acceptors (Lipinski definition) is 2. The predicted octanol–water partition coefficient (Wildman–Crippen LogP) is 2.69. The van der Waals surface area contributed by atoms with E-state index in [4.69, 9.17) is 0 Å². The van der Waals surface area contributed by atoms with Gasteiger partial charge in [-0.3, -0.25) is 4.79 Å². The van der Waals surface area contributed by atoms with Crippen molar-refractivity contribution in [1.82, 2.24) is 0 Å². The molecule has 0 saturated carbocycles. The minimum Gasteiger partial charge on any atom is -0.295 e. The largest absolute Gasteiger partial charge is 0.295 e. The fraction of sp³-hybridized carbons (Fsp3) is 0.500. The molecule has 1 heterocycles. The van der Waals surface area contributed by atoms with Crippen molar-refractivity contribution in [3.05, 3.63) is 22.6 Å². The summed E-state index contributed by atoms with van der Waals surface area (Å²) in [5.41, 5.74) is 1.10. The lowest BCUT2D eigenvalue weighted by Crippen LogP contribution is -2.04. The van der Waals surface area contributed by atoms with E-state index < -0.39 is 0 Å². The molecule has 12 heavy (non-hydrogen) atoms. The molecule has 0 unspecified atom stereocenters. The van der Waals surface area contributed by atoms with Gasteiger partial charge in [-0.25, -0.2) is 0 Å². The summed E-state index contributed by atoms with van der Waals surface area (Å²) >= 11 is 1.84. The van der Waals surface area contributed by atoms with Crippen LogP contribution in [-0.2, 0) is 4.79 Å². The molecule has 1 aliphatic heterocycles. The third kappa shape index (κ3) is 1.48. The van der Waals surface area contributed by atoms with Gasteiger partial charge in [-0.05, 0) is 25.0 Å². The Labute approximate surface area is 76.9 Å². The number of hydrogen-bond donors (Lipinski definition) is 0. The van der Waals surface area contributed by atoms with E-state index in [1.54, 1.807) is 0 Å². The average Bonchev–Trinajstić information content (AvgIpc) is 2.29. The van der Waals surface area contributed by atoms with Crippen LogP contribution in [0.5, 0.6) is 0 Å². The SMILES string of the molecule is O=C1CCCSC2=C1CCC=C2. The molecule has 2 rings (SSSR count). The van der Waals surface area contributed by atoms with Crippen molar-refractivity contribution in [3.8, 4) is 0 Å². The highest BCUT2D eigenvalue weighted by atomic mass is 32.2. The lowest BCUT2D eigenvalue weighted by Gasteiger charge is -2.10. The normalized spacial score (nSPS) is 23.8. The van der Waals surface area contributed by atoms with Crippen LogP contribution in [0.15, 0.2) is 22.6 Å². The van der Waals surface area contributed by atoms with E-state index in [0.717, 1.165) is 37.0 Å². The van der Waals surface area contributed by atoms with E-state index in [1.165, 1.54) is 4.91 Å². The highest BCUT2D eigenvalue weighted by molar-refractivity contribution is 8.03. The van der Waals surface area contributed by atoms with Gasteiger partial charge < -0.3 is 0 Å². The number of carbonyl (C=O) groups is 1. The molecular formula is C10H12OS. The number of allylic oxidation sites excluding steroid dienone is 3. The maximum Gasteiger partial charge on any atom is 0.160 e. The zero-order chi connectivity index (χ0) is 8.39. The zero-order valence-electron chi connectivity index (χ0n) is 7.01. The summed E-state index contributed by atoms with van der Waals surface area (Å²) in [7, 11) is 0. The Morgan fingerprint density at radius 1 is 1.33 bits per heavy atom. The molecule has 1 aliphatic carbocycles. The van der Waals surface area contributed by atoms with E-state index in [1.807, 2.05) is 11.8 Å². The quantitative estimate of drug-likeness (QED) is 0.570. The molecule has 0 amide bonds. The summed E-state index contributed by atoms with van der Waals surface area (Å²) in [4.78, 5) is 12.8. The zero-order valence-corrected chi connectivity index (χ0v) is 7.82. The highest BCUT2D eigenvalue weighted by Gasteiger charge is 2.18. The summed E-state index contributed by atoms with van der Waals surface area (Å²) in [5, 5.41) is 0. The van der Waals surface area contributed by atoms with Crippen molar-refractivity contribution in [3.63, 3.8) is 0 Å². The van der Waals surface area contributed by atoms with E-state index in [9.17, 15) is 4.79 Å². The van der Waals surface area contributed by atoms with Crippen molar-refractivity contribution in [2.75, 3.05) is 5.75 Å². The average molecular weight is 180 g/mol. The molecule has 0 radical (unpaired) electrons. The Bertz CT molecular complexity index is 263. The second-order valence-corrected chi connectivity index (χ2v) is 4.30. The molecule has 2 aliphatic rings. The van der Waals surface area contributed by atoms with Gasteiger partial charge in [0.2, 0.25) is 0 Å². The Morgan fingerprint density at radius 2 is 2.25 bits per heavy atom. The van der Waals surface area contributed by atoms with E-state index >= 15 is 0 Å². The van der Waals surface area contributed by atoms with Crippen LogP contribution in [0.4, 0.5) is 0 Å². The van der Waals surface area contributed by atoms with Crippen molar-refractivity contribution >= 4 is 17.5 Å². The summed E-state index contributed by atoms with van der Waals surface area (Å²) in [6.45, 7) is 0. The Kier molecular flexibility index (Phi) is 2.35. The number of ketones is 1. The van der Waals surface area contributed by atoms with Crippen LogP contribution in [0.25, 0.3) is 0 Å². The summed E-state index contributed by atoms with van der Waals surface area (Å²) < 4.78 is 0. The Hall–Kier alpha value is -0.500. The van der Waals surface area contributed by atoms with Gasteiger partial charge in [-0.15, -0.1) is 11.8 Å². The first kappa shape index (κ1) is 8.11. The van der Waals surface area contributed by atoms with Crippen LogP contribution in [0.2, 0.25) is 0 Å². The molecule has 64 valence electrons. The fourth-order valence-electron chi connectivity index (χ4n) is 1.62. The second-order valence-electron chi connectivity index (χ2n) is 3.16. The fourth-order valence-corrected chi connectivity index (χ4v) is 2.71. The van der Waals surface area contributed by atoms with Crippen LogP contribution in [0.3, 0.4) is 0 Å². The lowest BCUT2D eigenvalue weighted by atomic mass is 9.98. The third-order valence-corrected chi connectivity index (χ3v) is 3.46. The van der Waals surface area contributed by atoms with Crippen LogP contribution in [0, 0.1) is 0 Å². The molecule has 0 bridgehead atoms. The van der Waals surface area contributed by atoms with E-state index in [0.29, 0.717) is 5.78 Å². The molecule has 0 saturated heterocycles. The molecule has 0 aromatic heterocycles. The molecule has 0 N–H and O–H groups in total. The first-order valence-electron chi connectivity index (χ1n) is 4.43. The van der Waals surface area contributed by atoms with Gasteiger partial charge in [0, 0.05) is 16.9 Å². The van der Waals surface area contributed by atoms with Gasteiger partial charge in [-0.1, -0.05) is 12.2 Å². The van der Waals surface area contributed by atoms with Crippen molar-refractivity contribution in [2.24, 2.45) is 0 Å². The first-order valence-corrected chi connectivity index (χ1v) is 5.42. The van der Waals surface area contributed by atoms with E-state index in [-0.39, 0.29) is 0 Å². The van der Waals surface area contributed by atoms with Gasteiger partial charge in [0.05, 0.1) is 0 Å². The maximum atomic E-state index is 11.5. The molecule has 1 nitrogen and oxygen atoms in total. The van der Waals surface area contributed by atoms with Crippen LogP contribution in [0.1, 0.15) is 25.7 Å². The standard InChI is InChI=1S/C10H12OS/c11-9-5-3-7-12-10-6-2-1-4-8(9)10/h2,6H,1,3-5,7H2. The minimum atomic E-state index is 0.388. The van der Waals surface area contributed by atoms with Gasteiger partial charge >= 0.3 is 0 Å². The number of carbonyl (C=O) groups excluding carboxylic acids is 1. The maximum absolute atomic E-state index is 11.5. The molecule has 0 fully saturated rings. The smallest absolute Gasteiger partial charge is 0.160 e. The van der Waals surface area contributed by atoms with Gasteiger partial charge in [0.1, 0.15) is 0 Å². The topological polar surface area (TPSA) is 17.1 Å². The second kappa shape index (κ2) is 3.48. The van der Waals surface area contributed by atoms with E-state index in [2.05, 4.69) is 12.2 Å². The molecule has 2 heteroatoms. The number of thioether (sulfide) groups is 1. The molecular weight excluding hydrogens is 168 g/mol. The Morgan fingerprint density at radius 3 is 3.17 bits per heavy atom. The molecule has 0 aromatic carbocycles. The predicted molar refractivity (Wildman–Crippen MR) is 52.1 cm³/mol.